The summed E-state index contributed by atoms with van der Waals surface area (Å²) in [5.41, 5.74) is 2.58. The van der Waals surface area contributed by atoms with Crippen molar-refractivity contribution < 1.29 is 9.18 Å². The minimum Gasteiger partial charge on any atom is -0.265 e. The van der Waals surface area contributed by atoms with E-state index in [9.17, 15) is 9.18 Å². The maximum Gasteiger partial charge on any atom is 0.291 e. The van der Waals surface area contributed by atoms with Crippen molar-refractivity contribution >= 4 is 23.5 Å². The molecule has 3 rings (SSSR count). The van der Waals surface area contributed by atoms with Crippen molar-refractivity contribution in [3.8, 4) is 0 Å². The quantitative estimate of drug-likeness (QED) is 0.573. The molecule has 9 heteroatoms. The zero-order valence-electron chi connectivity index (χ0n) is 11.3. The second kappa shape index (κ2) is 6.31. The molecule has 3 aromatic heterocycles. The van der Waals surface area contributed by atoms with E-state index in [2.05, 4.69) is 20.7 Å². The number of carbonyl (C=O) groups is 1. The van der Waals surface area contributed by atoms with Gasteiger partial charge in [-0.2, -0.15) is 19.7 Å². The Balaban J connectivity index is 1.58. The van der Waals surface area contributed by atoms with Crippen molar-refractivity contribution in [1.29, 1.82) is 0 Å². The number of hydrogen-bond donors (Lipinski definition) is 1. The average Bonchev–Trinajstić information content (AvgIpc) is 3.22. The van der Waals surface area contributed by atoms with Crippen LogP contribution in [0.15, 0.2) is 48.0 Å². The monoisotopic (exact) mass is 318 g/mol. The fraction of sp³-hybridized carbons (Fsp3) is 0.0769. The van der Waals surface area contributed by atoms with Crippen LogP contribution in [0.25, 0.3) is 0 Å². The van der Waals surface area contributed by atoms with E-state index in [4.69, 9.17) is 0 Å². The summed E-state index contributed by atoms with van der Waals surface area (Å²) < 4.78 is 16.0. The van der Waals surface area contributed by atoms with Crippen molar-refractivity contribution in [3.63, 3.8) is 0 Å². The molecule has 0 fully saturated rings. The smallest absolute Gasteiger partial charge is 0.265 e. The Labute approximate surface area is 128 Å². The highest BCUT2D eigenvalue weighted by atomic mass is 32.1. The Hall–Kier alpha value is -2.81. The third-order valence-corrected chi connectivity index (χ3v) is 3.48. The van der Waals surface area contributed by atoms with E-state index in [-0.39, 0.29) is 10.8 Å². The minimum absolute atomic E-state index is 0.238. The molecule has 0 spiro atoms. The molecule has 0 saturated carbocycles. The van der Waals surface area contributed by atoms with Crippen molar-refractivity contribution in [3.05, 3.63) is 58.6 Å². The number of aromatic nitrogens is 4. The third-order valence-electron chi connectivity index (χ3n) is 2.67. The molecule has 0 saturated heterocycles. The van der Waals surface area contributed by atoms with Gasteiger partial charge in [0, 0.05) is 18.6 Å². The molecule has 0 unspecified atom stereocenters. The number of nitrogens with one attached hydrogen (secondary N) is 1. The minimum atomic E-state index is -0.438. The molecule has 22 heavy (non-hydrogen) atoms. The Morgan fingerprint density at radius 2 is 2.27 bits per heavy atom. The van der Waals surface area contributed by atoms with E-state index < -0.39 is 5.91 Å². The lowest BCUT2D eigenvalue weighted by Gasteiger charge is -2.00. The standard InChI is InChI=1S/C13H11FN6OS/c14-12-3-2-10(22-12)8-15-17-13(21)11-4-7-20(18-11)9-19-6-1-5-16-19/h1-8H,9H2,(H,17,21). The molecule has 7 nitrogen and oxygen atoms in total. The molecule has 0 atom stereocenters. The van der Waals surface area contributed by atoms with E-state index in [0.29, 0.717) is 11.5 Å². The number of thiophene rings is 1. The van der Waals surface area contributed by atoms with Crippen LogP contribution in [0, 0.1) is 5.13 Å². The van der Waals surface area contributed by atoms with Gasteiger partial charge in [-0.3, -0.25) is 14.2 Å². The first-order valence-electron chi connectivity index (χ1n) is 6.30. The molecule has 1 amide bonds. The zero-order chi connectivity index (χ0) is 15.4. The van der Waals surface area contributed by atoms with Crippen LogP contribution in [0.4, 0.5) is 4.39 Å². The molecule has 0 bridgehead atoms. The van der Waals surface area contributed by atoms with Crippen molar-refractivity contribution in [1.82, 2.24) is 25.0 Å². The van der Waals surface area contributed by atoms with Gasteiger partial charge in [0.1, 0.15) is 6.67 Å². The Morgan fingerprint density at radius 3 is 3.00 bits per heavy atom. The molecule has 3 aromatic rings. The molecular weight excluding hydrogens is 307 g/mol. The van der Waals surface area contributed by atoms with Gasteiger partial charge in [0.2, 0.25) is 0 Å². The number of hydrazone groups is 1. The van der Waals surface area contributed by atoms with Gasteiger partial charge in [-0.15, -0.1) is 11.3 Å². The summed E-state index contributed by atoms with van der Waals surface area (Å²) >= 11 is 0.945. The van der Waals surface area contributed by atoms with E-state index in [1.807, 2.05) is 0 Å². The van der Waals surface area contributed by atoms with Crippen molar-refractivity contribution in [2.45, 2.75) is 6.67 Å². The van der Waals surface area contributed by atoms with Crippen molar-refractivity contribution in [2.75, 3.05) is 0 Å². The van der Waals surface area contributed by atoms with Gasteiger partial charge < -0.3 is 0 Å². The van der Waals surface area contributed by atoms with Crippen LogP contribution in [0.1, 0.15) is 15.4 Å². The fourth-order valence-electron chi connectivity index (χ4n) is 1.70. The van der Waals surface area contributed by atoms with Crippen LogP contribution in [0.3, 0.4) is 0 Å². The van der Waals surface area contributed by atoms with Crippen LogP contribution in [-0.4, -0.2) is 31.7 Å². The summed E-state index contributed by atoms with van der Waals surface area (Å²) in [6.07, 6.45) is 6.52. The number of nitrogens with zero attached hydrogens (tertiary/aromatic N) is 5. The second-order valence-corrected chi connectivity index (χ2v) is 5.33. The highest BCUT2D eigenvalue weighted by Gasteiger charge is 2.08. The van der Waals surface area contributed by atoms with Gasteiger partial charge in [0.05, 0.1) is 11.1 Å². The largest absolute Gasteiger partial charge is 0.291 e. The Morgan fingerprint density at radius 1 is 1.36 bits per heavy atom. The topological polar surface area (TPSA) is 77.1 Å². The number of rotatable bonds is 5. The summed E-state index contributed by atoms with van der Waals surface area (Å²) in [7, 11) is 0. The lowest BCUT2D eigenvalue weighted by Crippen LogP contribution is -2.19. The highest BCUT2D eigenvalue weighted by Crippen LogP contribution is 2.11. The molecular formula is C13H11FN6OS. The maximum absolute atomic E-state index is 12.8. The van der Waals surface area contributed by atoms with Gasteiger partial charge in [-0.25, -0.2) is 5.43 Å². The maximum atomic E-state index is 12.8. The molecule has 0 aromatic carbocycles. The molecule has 0 radical (unpaired) electrons. The summed E-state index contributed by atoms with van der Waals surface area (Å²) in [5.74, 6) is -0.438. The van der Waals surface area contributed by atoms with Gasteiger partial charge in [-0.05, 0) is 24.3 Å². The van der Waals surface area contributed by atoms with Gasteiger partial charge in [0.25, 0.3) is 5.91 Å². The number of amides is 1. The van der Waals surface area contributed by atoms with E-state index >= 15 is 0 Å². The summed E-state index contributed by atoms with van der Waals surface area (Å²) in [6, 6.07) is 6.30. The zero-order valence-corrected chi connectivity index (χ0v) is 12.1. The van der Waals surface area contributed by atoms with E-state index in [1.54, 1.807) is 46.2 Å². The molecule has 0 aliphatic heterocycles. The molecule has 112 valence electrons. The number of halogens is 1. The van der Waals surface area contributed by atoms with E-state index in [0.717, 1.165) is 11.3 Å². The normalized spacial score (nSPS) is 11.1. The number of hydrogen-bond acceptors (Lipinski definition) is 5. The van der Waals surface area contributed by atoms with E-state index in [1.165, 1.54) is 12.3 Å². The first kappa shape index (κ1) is 14.1. The van der Waals surface area contributed by atoms with Crippen molar-refractivity contribution in [2.24, 2.45) is 5.10 Å². The SMILES string of the molecule is O=C(NN=Cc1ccc(F)s1)c1ccn(Cn2cccn2)n1. The lowest BCUT2D eigenvalue weighted by atomic mass is 10.4. The van der Waals surface area contributed by atoms with Gasteiger partial charge in [-0.1, -0.05) is 0 Å². The van der Waals surface area contributed by atoms with Gasteiger partial charge in [0.15, 0.2) is 10.8 Å². The molecule has 3 heterocycles. The molecule has 0 aliphatic carbocycles. The molecule has 0 aliphatic rings. The van der Waals surface area contributed by atoms with Crippen LogP contribution < -0.4 is 5.43 Å². The summed E-state index contributed by atoms with van der Waals surface area (Å²) in [6.45, 7) is 0.415. The number of carbonyl (C=O) groups excluding carboxylic acids is 1. The first-order chi connectivity index (χ1) is 10.7. The van der Waals surface area contributed by atoms with Crippen LogP contribution in [-0.2, 0) is 6.67 Å². The van der Waals surface area contributed by atoms with Crippen LogP contribution in [0.5, 0.6) is 0 Å². The fourth-order valence-corrected chi connectivity index (χ4v) is 2.31. The van der Waals surface area contributed by atoms with Crippen LogP contribution in [0.2, 0.25) is 0 Å². The Bertz CT molecular complexity index is 791. The lowest BCUT2D eigenvalue weighted by molar-refractivity contribution is 0.0949. The third kappa shape index (κ3) is 3.44. The average molecular weight is 318 g/mol. The first-order valence-corrected chi connectivity index (χ1v) is 7.12. The predicted molar refractivity (Wildman–Crippen MR) is 79.2 cm³/mol. The summed E-state index contributed by atoms with van der Waals surface area (Å²) in [4.78, 5) is 12.5. The highest BCUT2D eigenvalue weighted by molar-refractivity contribution is 7.12. The second-order valence-electron chi connectivity index (χ2n) is 4.27. The van der Waals surface area contributed by atoms with Gasteiger partial charge >= 0.3 is 0 Å². The predicted octanol–water partition coefficient (Wildman–Crippen LogP) is 1.55. The summed E-state index contributed by atoms with van der Waals surface area (Å²) in [5, 5.41) is 11.6. The Kier molecular flexibility index (Phi) is 4.05. The molecule has 1 N–H and O–H groups in total. The van der Waals surface area contributed by atoms with Crippen LogP contribution >= 0.6 is 11.3 Å².